The Morgan fingerprint density at radius 2 is 1.84 bits per heavy atom. The summed E-state index contributed by atoms with van der Waals surface area (Å²) >= 11 is 0. The van der Waals surface area contributed by atoms with E-state index in [4.69, 9.17) is 4.74 Å². The van der Waals surface area contributed by atoms with Crippen LogP contribution in [0.15, 0.2) is 29.3 Å². The van der Waals surface area contributed by atoms with Gasteiger partial charge >= 0.3 is 0 Å². The Morgan fingerprint density at radius 3 is 2.44 bits per heavy atom. The standard InChI is InChI=1S/C18H28N4O2.HI/c1-3-19-18(20-13-15-7-9-16(24-2)10-8-15)21-14-17(23)22-11-5-4-6-12-22;/h7-10H,3-6,11-14H2,1-2H3,(H2,19,20,21);1H. The van der Waals surface area contributed by atoms with Crippen LogP contribution in [0.2, 0.25) is 0 Å². The van der Waals surface area contributed by atoms with Crippen LogP contribution in [0.25, 0.3) is 0 Å². The third kappa shape index (κ3) is 7.50. The minimum atomic E-state index is 0. The van der Waals surface area contributed by atoms with Gasteiger partial charge < -0.3 is 20.3 Å². The minimum absolute atomic E-state index is 0. The van der Waals surface area contributed by atoms with Crippen LogP contribution in [0.4, 0.5) is 0 Å². The van der Waals surface area contributed by atoms with E-state index in [0.717, 1.165) is 43.8 Å². The van der Waals surface area contributed by atoms with Crippen molar-refractivity contribution in [2.45, 2.75) is 32.7 Å². The zero-order valence-electron chi connectivity index (χ0n) is 15.1. The average molecular weight is 460 g/mol. The molecule has 1 amide bonds. The molecule has 0 spiro atoms. The molecule has 0 radical (unpaired) electrons. The minimum Gasteiger partial charge on any atom is -0.497 e. The lowest BCUT2D eigenvalue weighted by Gasteiger charge is -2.27. The first-order chi connectivity index (χ1) is 11.7. The van der Waals surface area contributed by atoms with Gasteiger partial charge in [0.05, 0.1) is 20.2 Å². The van der Waals surface area contributed by atoms with Gasteiger partial charge in [0.15, 0.2) is 5.96 Å². The summed E-state index contributed by atoms with van der Waals surface area (Å²) in [4.78, 5) is 18.7. The highest BCUT2D eigenvalue weighted by Gasteiger charge is 2.16. The molecule has 140 valence electrons. The number of hydrogen-bond acceptors (Lipinski definition) is 3. The molecule has 1 aromatic carbocycles. The van der Waals surface area contributed by atoms with Crippen LogP contribution in [0, 0.1) is 0 Å². The molecule has 1 saturated heterocycles. The quantitative estimate of drug-likeness (QED) is 0.389. The number of benzene rings is 1. The van der Waals surface area contributed by atoms with Gasteiger partial charge in [-0.25, -0.2) is 4.99 Å². The number of carbonyl (C=O) groups excluding carboxylic acids is 1. The number of nitrogens with zero attached hydrogens (tertiary/aromatic N) is 2. The number of ether oxygens (including phenoxy) is 1. The number of aliphatic imine (C=N–C) groups is 1. The van der Waals surface area contributed by atoms with Crippen molar-refractivity contribution in [1.29, 1.82) is 0 Å². The molecule has 1 aromatic rings. The van der Waals surface area contributed by atoms with E-state index in [0.29, 0.717) is 12.5 Å². The number of piperidine rings is 1. The van der Waals surface area contributed by atoms with Gasteiger partial charge in [0.2, 0.25) is 5.91 Å². The highest BCUT2D eigenvalue weighted by Crippen LogP contribution is 2.12. The maximum absolute atomic E-state index is 12.2. The molecular weight excluding hydrogens is 431 g/mol. The maximum atomic E-state index is 12.2. The molecule has 0 bridgehead atoms. The third-order valence-electron chi connectivity index (χ3n) is 4.04. The summed E-state index contributed by atoms with van der Waals surface area (Å²) in [6.45, 7) is 5.36. The van der Waals surface area contributed by atoms with Crippen LogP contribution in [0.3, 0.4) is 0 Å². The van der Waals surface area contributed by atoms with Gasteiger partial charge in [-0.1, -0.05) is 12.1 Å². The molecule has 0 atom stereocenters. The summed E-state index contributed by atoms with van der Waals surface area (Å²) in [6.07, 6.45) is 3.44. The molecule has 1 heterocycles. The first kappa shape index (κ1) is 21.5. The second-order valence-electron chi connectivity index (χ2n) is 5.84. The summed E-state index contributed by atoms with van der Waals surface area (Å²) in [5.41, 5.74) is 1.09. The fourth-order valence-corrected chi connectivity index (χ4v) is 2.66. The van der Waals surface area contributed by atoms with Crippen molar-refractivity contribution < 1.29 is 9.53 Å². The maximum Gasteiger partial charge on any atom is 0.241 e. The summed E-state index contributed by atoms with van der Waals surface area (Å²) in [5.74, 6) is 1.64. The molecule has 6 nitrogen and oxygen atoms in total. The molecule has 2 rings (SSSR count). The molecular formula is C18H29IN4O2. The van der Waals surface area contributed by atoms with Crippen molar-refractivity contribution in [2.24, 2.45) is 4.99 Å². The average Bonchev–Trinajstić information content (AvgIpc) is 2.65. The molecule has 25 heavy (non-hydrogen) atoms. The second-order valence-corrected chi connectivity index (χ2v) is 5.84. The smallest absolute Gasteiger partial charge is 0.241 e. The van der Waals surface area contributed by atoms with Crippen LogP contribution in [0.5, 0.6) is 5.75 Å². The van der Waals surface area contributed by atoms with Gasteiger partial charge in [-0.2, -0.15) is 0 Å². The van der Waals surface area contributed by atoms with E-state index in [1.807, 2.05) is 36.1 Å². The lowest BCUT2D eigenvalue weighted by Crippen LogP contribution is -2.46. The van der Waals surface area contributed by atoms with Gasteiger partial charge in [-0.15, -0.1) is 24.0 Å². The van der Waals surface area contributed by atoms with Gasteiger partial charge in [0, 0.05) is 19.6 Å². The van der Waals surface area contributed by atoms with E-state index in [1.165, 1.54) is 6.42 Å². The Kier molecular flexibility index (Phi) is 10.3. The van der Waals surface area contributed by atoms with E-state index in [9.17, 15) is 4.79 Å². The van der Waals surface area contributed by atoms with E-state index in [-0.39, 0.29) is 36.4 Å². The number of hydrogen-bond donors (Lipinski definition) is 2. The largest absolute Gasteiger partial charge is 0.497 e. The molecule has 0 aromatic heterocycles. The molecule has 0 saturated carbocycles. The second kappa shape index (κ2) is 11.9. The van der Waals surface area contributed by atoms with Crippen molar-refractivity contribution in [2.75, 3.05) is 33.3 Å². The summed E-state index contributed by atoms with van der Waals surface area (Å²) < 4.78 is 5.15. The topological polar surface area (TPSA) is 66.0 Å². The van der Waals surface area contributed by atoms with Crippen LogP contribution >= 0.6 is 24.0 Å². The molecule has 0 aliphatic carbocycles. The highest BCUT2D eigenvalue weighted by molar-refractivity contribution is 14.0. The summed E-state index contributed by atoms with van der Waals surface area (Å²) in [5, 5.41) is 6.31. The Balaban J connectivity index is 0.00000312. The van der Waals surface area contributed by atoms with Crippen molar-refractivity contribution >= 4 is 35.8 Å². The molecule has 1 fully saturated rings. The van der Waals surface area contributed by atoms with Gasteiger partial charge in [-0.3, -0.25) is 4.79 Å². The highest BCUT2D eigenvalue weighted by atomic mass is 127. The molecule has 0 unspecified atom stereocenters. The number of carbonyl (C=O) groups is 1. The van der Waals surface area contributed by atoms with Crippen molar-refractivity contribution in [3.63, 3.8) is 0 Å². The fourth-order valence-electron chi connectivity index (χ4n) is 2.66. The number of methoxy groups -OCH3 is 1. The first-order valence-electron chi connectivity index (χ1n) is 8.66. The molecule has 2 N–H and O–H groups in total. The zero-order chi connectivity index (χ0) is 17.2. The Labute approximate surface area is 167 Å². The van der Waals surface area contributed by atoms with Crippen LogP contribution in [0.1, 0.15) is 31.7 Å². The monoisotopic (exact) mass is 460 g/mol. The van der Waals surface area contributed by atoms with E-state index < -0.39 is 0 Å². The lowest BCUT2D eigenvalue weighted by molar-refractivity contribution is -0.130. The van der Waals surface area contributed by atoms with Crippen molar-refractivity contribution in [1.82, 2.24) is 15.5 Å². The Bertz CT molecular complexity index is 543. The van der Waals surface area contributed by atoms with E-state index >= 15 is 0 Å². The predicted molar refractivity (Wildman–Crippen MR) is 112 cm³/mol. The SMILES string of the molecule is CCNC(=NCc1ccc(OC)cc1)NCC(=O)N1CCCCC1.I. The number of halogens is 1. The van der Waals surface area contributed by atoms with Gasteiger partial charge in [0.1, 0.15) is 5.75 Å². The predicted octanol–water partition coefficient (Wildman–Crippen LogP) is 2.38. The van der Waals surface area contributed by atoms with E-state index in [1.54, 1.807) is 7.11 Å². The molecule has 7 heteroatoms. The summed E-state index contributed by atoms with van der Waals surface area (Å²) in [7, 11) is 1.65. The van der Waals surface area contributed by atoms with Crippen LogP contribution in [-0.2, 0) is 11.3 Å². The number of amides is 1. The molecule has 1 aliphatic rings. The Hall–Kier alpha value is -1.51. The first-order valence-corrected chi connectivity index (χ1v) is 8.66. The van der Waals surface area contributed by atoms with Crippen LogP contribution in [-0.4, -0.2) is 50.1 Å². The number of likely N-dealkylation sites (tertiary alicyclic amines) is 1. The molecule has 1 aliphatic heterocycles. The van der Waals surface area contributed by atoms with Gasteiger partial charge in [0.25, 0.3) is 0 Å². The number of rotatable bonds is 6. The number of guanidine groups is 1. The van der Waals surface area contributed by atoms with Crippen molar-refractivity contribution in [3.8, 4) is 5.75 Å². The normalized spacial score (nSPS) is 14.5. The third-order valence-corrected chi connectivity index (χ3v) is 4.04. The van der Waals surface area contributed by atoms with Gasteiger partial charge in [-0.05, 0) is 43.9 Å². The van der Waals surface area contributed by atoms with Crippen LogP contribution < -0.4 is 15.4 Å². The lowest BCUT2D eigenvalue weighted by atomic mass is 10.1. The van der Waals surface area contributed by atoms with E-state index in [2.05, 4.69) is 15.6 Å². The fraction of sp³-hybridized carbons (Fsp3) is 0.556. The summed E-state index contributed by atoms with van der Waals surface area (Å²) in [6, 6.07) is 7.83. The Morgan fingerprint density at radius 1 is 1.16 bits per heavy atom. The van der Waals surface area contributed by atoms with Crippen molar-refractivity contribution in [3.05, 3.63) is 29.8 Å². The zero-order valence-corrected chi connectivity index (χ0v) is 17.4. The number of nitrogens with one attached hydrogen (secondary N) is 2.